The van der Waals surface area contributed by atoms with Crippen LogP contribution in [-0.2, 0) is 24.2 Å². The first-order valence-corrected chi connectivity index (χ1v) is 7.99. The molecule has 1 amide bonds. The zero-order chi connectivity index (χ0) is 17.1. The number of nitrogens with one attached hydrogen (secondary N) is 1. The van der Waals surface area contributed by atoms with Gasteiger partial charge < -0.3 is 16.0 Å². The van der Waals surface area contributed by atoms with Crippen molar-refractivity contribution in [1.82, 2.24) is 4.90 Å². The number of nitrogens with two attached hydrogens (primary N) is 1. The fourth-order valence-corrected chi connectivity index (χ4v) is 2.71. The molecular formula is C19H22N4O. The highest BCUT2D eigenvalue weighted by atomic mass is 16.1. The summed E-state index contributed by atoms with van der Waals surface area (Å²) >= 11 is 0. The lowest BCUT2D eigenvalue weighted by Crippen LogP contribution is -2.21. The molecule has 0 unspecified atom stereocenters. The summed E-state index contributed by atoms with van der Waals surface area (Å²) in [5.74, 6) is 0.781. The standard InChI is InChI=1S/C19H22N4O/c1-23(2)19-10-15-7-8-16(11-17(15)22-19)21-12-14-5-3-13(4-6-14)9-18(20)24/h3-8,11,21H,9-10,12H2,1-2H3,(H2,20,24). The molecule has 0 spiro atoms. The largest absolute Gasteiger partial charge is 0.381 e. The molecule has 0 atom stereocenters. The molecule has 0 saturated heterocycles. The molecule has 2 aromatic rings. The van der Waals surface area contributed by atoms with Crippen molar-refractivity contribution in [3.8, 4) is 0 Å². The summed E-state index contributed by atoms with van der Waals surface area (Å²) in [6, 6.07) is 14.2. The van der Waals surface area contributed by atoms with Crippen LogP contribution in [0.2, 0.25) is 0 Å². The first kappa shape index (κ1) is 16.1. The average Bonchev–Trinajstić information content (AvgIpc) is 2.97. The number of hydrogen-bond acceptors (Lipinski definition) is 4. The summed E-state index contributed by atoms with van der Waals surface area (Å²) in [5.41, 5.74) is 10.7. The SMILES string of the molecule is CN(C)C1=Nc2cc(NCc3ccc(CC(N)=O)cc3)ccc2C1. The van der Waals surface area contributed by atoms with E-state index in [0.717, 1.165) is 41.3 Å². The Bertz CT molecular complexity index is 778. The number of hydrogen-bond donors (Lipinski definition) is 2. The maximum atomic E-state index is 10.9. The van der Waals surface area contributed by atoms with Crippen molar-refractivity contribution >= 4 is 23.1 Å². The van der Waals surface area contributed by atoms with Gasteiger partial charge in [-0.2, -0.15) is 0 Å². The van der Waals surface area contributed by atoms with E-state index >= 15 is 0 Å². The maximum Gasteiger partial charge on any atom is 0.221 e. The first-order chi connectivity index (χ1) is 11.5. The van der Waals surface area contributed by atoms with Crippen molar-refractivity contribution in [3.63, 3.8) is 0 Å². The minimum Gasteiger partial charge on any atom is -0.381 e. The highest BCUT2D eigenvalue weighted by Crippen LogP contribution is 2.30. The average molecular weight is 322 g/mol. The molecule has 2 aromatic carbocycles. The zero-order valence-electron chi connectivity index (χ0n) is 14.0. The van der Waals surface area contributed by atoms with E-state index in [4.69, 9.17) is 5.73 Å². The molecule has 3 N–H and O–H groups in total. The monoisotopic (exact) mass is 322 g/mol. The number of rotatable bonds is 5. The molecule has 124 valence electrons. The van der Waals surface area contributed by atoms with Crippen LogP contribution in [-0.4, -0.2) is 30.7 Å². The highest BCUT2D eigenvalue weighted by molar-refractivity contribution is 5.92. The molecule has 0 bridgehead atoms. The quantitative estimate of drug-likeness (QED) is 0.888. The second kappa shape index (κ2) is 6.74. The van der Waals surface area contributed by atoms with Crippen molar-refractivity contribution in [3.05, 3.63) is 59.2 Å². The molecule has 1 aliphatic rings. The predicted octanol–water partition coefficient (Wildman–Crippen LogP) is 2.47. The topological polar surface area (TPSA) is 70.7 Å². The molecule has 5 nitrogen and oxygen atoms in total. The van der Waals surface area contributed by atoms with E-state index in [1.807, 2.05) is 38.4 Å². The van der Waals surface area contributed by atoms with Crippen LogP contribution in [0.1, 0.15) is 16.7 Å². The van der Waals surface area contributed by atoms with Gasteiger partial charge in [0.05, 0.1) is 12.1 Å². The lowest BCUT2D eigenvalue weighted by atomic mass is 10.1. The van der Waals surface area contributed by atoms with Crippen molar-refractivity contribution < 1.29 is 4.79 Å². The van der Waals surface area contributed by atoms with Crippen LogP contribution >= 0.6 is 0 Å². The van der Waals surface area contributed by atoms with Gasteiger partial charge in [-0.3, -0.25) is 4.79 Å². The Hall–Kier alpha value is -2.82. The van der Waals surface area contributed by atoms with Crippen molar-refractivity contribution in [2.45, 2.75) is 19.4 Å². The molecule has 5 heteroatoms. The number of carbonyl (C=O) groups excluding carboxylic acids is 1. The Morgan fingerprint density at radius 3 is 2.54 bits per heavy atom. The van der Waals surface area contributed by atoms with E-state index < -0.39 is 0 Å². The van der Waals surface area contributed by atoms with E-state index in [0.29, 0.717) is 0 Å². The number of nitrogens with zero attached hydrogens (tertiary/aromatic N) is 2. The van der Waals surface area contributed by atoms with Gasteiger partial charge in [0.1, 0.15) is 5.84 Å². The zero-order valence-corrected chi connectivity index (χ0v) is 14.0. The van der Waals surface area contributed by atoms with Crippen molar-refractivity contribution in [2.24, 2.45) is 10.7 Å². The Kier molecular flexibility index (Phi) is 4.51. The third-order valence-corrected chi connectivity index (χ3v) is 4.10. The van der Waals surface area contributed by atoms with Gasteiger partial charge in [-0.05, 0) is 28.8 Å². The second-order valence-electron chi connectivity index (χ2n) is 6.26. The van der Waals surface area contributed by atoms with Crippen LogP contribution in [0.5, 0.6) is 0 Å². The third kappa shape index (κ3) is 3.74. The fraction of sp³-hybridized carbons (Fsp3) is 0.263. The summed E-state index contributed by atoms with van der Waals surface area (Å²) in [7, 11) is 4.04. The summed E-state index contributed by atoms with van der Waals surface area (Å²) in [6.45, 7) is 0.722. The molecule has 0 radical (unpaired) electrons. The van der Waals surface area contributed by atoms with Gasteiger partial charge in [0, 0.05) is 32.7 Å². The van der Waals surface area contributed by atoms with Gasteiger partial charge >= 0.3 is 0 Å². The molecule has 1 aliphatic heterocycles. The Balaban J connectivity index is 1.63. The Labute approximate surface area is 142 Å². The summed E-state index contributed by atoms with van der Waals surface area (Å²) < 4.78 is 0. The number of primary amides is 1. The second-order valence-corrected chi connectivity index (χ2v) is 6.26. The lowest BCUT2D eigenvalue weighted by Gasteiger charge is -2.10. The van der Waals surface area contributed by atoms with Gasteiger partial charge in [-0.25, -0.2) is 4.99 Å². The third-order valence-electron chi connectivity index (χ3n) is 4.10. The summed E-state index contributed by atoms with van der Waals surface area (Å²) in [6.07, 6.45) is 1.18. The van der Waals surface area contributed by atoms with Crippen LogP contribution in [0.3, 0.4) is 0 Å². The fourth-order valence-electron chi connectivity index (χ4n) is 2.71. The van der Waals surface area contributed by atoms with Gasteiger partial charge in [0.25, 0.3) is 0 Å². The predicted molar refractivity (Wildman–Crippen MR) is 97.6 cm³/mol. The van der Waals surface area contributed by atoms with Gasteiger partial charge in [-0.15, -0.1) is 0 Å². The van der Waals surface area contributed by atoms with Gasteiger partial charge in [-0.1, -0.05) is 30.3 Å². The van der Waals surface area contributed by atoms with Crippen LogP contribution in [0.4, 0.5) is 11.4 Å². The number of carbonyl (C=O) groups is 1. The molecule has 0 aromatic heterocycles. The minimum atomic E-state index is -0.309. The summed E-state index contributed by atoms with van der Waals surface area (Å²) in [4.78, 5) is 17.6. The minimum absolute atomic E-state index is 0.282. The van der Waals surface area contributed by atoms with E-state index in [1.165, 1.54) is 5.56 Å². The van der Waals surface area contributed by atoms with E-state index in [1.54, 1.807) is 0 Å². The normalized spacial score (nSPS) is 12.5. The van der Waals surface area contributed by atoms with E-state index in [9.17, 15) is 4.79 Å². The molecular weight excluding hydrogens is 300 g/mol. The van der Waals surface area contributed by atoms with Gasteiger partial charge in [0.2, 0.25) is 5.91 Å². The molecule has 0 aliphatic carbocycles. The van der Waals surface area contributed by atoms with Crippen LogP contribution in [0.25, 0.3) is 0 Å². The molecule has 0 fully saturated rings. The Morgan fingerprint density at radius 2 is 1.88 bits per heavy atom. The number of amidine groups is 1. The summed E-state index contributed by atoms with van der Waals surface area (Å²) in [5, 5.41) is 3.42. The molecule has 0 saturated carbocycles. The maximum absolute atomic E-state index is 10.9. The van der Waals surface area contributed by atoms with Crippen molar-refractivity contribution in [2.75, 3.05) is 19.4 Å². The number of amides is 1. The lowest BCUT2D eigenvalue weighted by molar-refractivity contribution is -0.117. The number of likely N-dealkylation sites (N-methyl/N-ethyl adjacent to an activating group) is 1. The van der Waals surface area contributed by atoms with Crippen molar-refractivity contribution in [1.29, 1.82) is 0 Å². The Morgan fingerprint density at radius 1 is 1.17 bits per heavy atom. The van der Waals surface area contributed by atoms with Gasteiger partial charge in [0.15, 0.2) is 0 Å². The number of benzene rings is 2. The molecule has 3 rings (SSSR count). The highest BCUT2D eigenvalue weighted by Gasteiger charge is 2.16. The van der Waals surface area contributed by atoms with E-state index in [-0.39, 0.29) is 12.3 Å². The van der Waals surface area contributed by atoms with E-state index in [2.05, 4.69) is 33.4 Å². The van der Waals surface area contributed by atoms with Crippen LogP contribution in [0, 0.1) is 0 Å². The molecule has 1 heterocycles. The number of anilines is 1. The molecule has 24 heavy (non-hydrogen) atoms. The number of fused-ring (bicyclic) bond motifs is 1. The number of aliphatic imine (C=N–C) groups is 1. The van der Waals surface area contributed by atoms with Crippen LogP contribution < -0.4 is 11.1 Å². The van der Waals surface area contributed by atoms with Crippen LogP contribution in [0.15, 0.2) is 47.5 Å². The smallest absolute Gasteiger partial charge is 0.221 e. The first-order valence-electron chi connectivity index (χ1n) is 7.99.